The summed E-state index contributed by atoms with van der Waals surface area (Å²) < 4.78 is 10.9. The third-order valence-electron chi connectivity index (χ3n) is 4.41. The number of nitrogens with zero attached hydrogens (tertiary/aromatic N) is 1. The molecule has 29 heavy (non-hydrogen) atoms. The van der Waals surface area contributed by atoms with Crippen LogP contribution >= 0.6 is 11.6 Å². The molecule has 2 aromatic carbocycles. The number of rotatable bonds is 8. The lowest BCUT2D eigenvalue weighted by molar-refractivity contribution is -0.120. The molecule has 0 bridgehead atoms. The van der Waals surface area contributed by atoms with Crippen molar-refractivity contribution in [1.29, 1.82) is 0 Å². The molecule has 0 unspecified atom stereocenters. The fourth-order valence-corrected chi connectivity index (χ4v) is 3.32. The molecule has 1 fully saturated rings. The van der Waals surface area contributed by atoms with Crippen molar-refractivity contribution >= 4 is 34.8 Å². The topological polar surface area (TPSA) is 79.9 Å². The van der Waals surface area contributed by atoms with E-state index in [0.29, 0.717) is 54.9 Å². The number of ether oxygens (including phenoxy) is 2. The number of hydrogen-bond acceptors (Lipinski definition) is 5. The Balaban J connectivity index is 1.68. The molecule has 1 heterocycles. The van der Waals surface area contributed by atoms with Crippen LogP contribution in [0, 0.1) is 0 Å². The first-order valence-corrected chi connectivity index (χ1v) is 9.88. The molecule has 0 saturated carbocycles. The van der Waals surface area contributed by atoms with Crippen LogP contribution < -0.4 is 20.3 Å². The zero-order valence-corrected chi connectivity index (χ0v) is 17.0. The van der Waals surface area contributed by atoms with Crippen molar-refractivity contribution in [3.63, 3.8) is 0 Å². The van der Waals surface area contributed by atoms with Crippen LogP contribution in [0.15, 0.2) is 42.5 Å². The van der Waals surface area contributed by atoms with Crippen molar-refractivity contribution in [2.75, 3.05) is 49.7 Å². The van der Waals surface area contributed by atoms with Crippen LogP contribution in [0.1, 0.15) is 17.3 Å². The van der Waals surface area contributed by atoms with Gasteiger partial charge in [0.1, 0.15) is 12.4 Å². The normalized spacial score (nSPS) is 13.7. The number of para-hydroxylation sites is 1. The van der Waals surface area contributed by atoms with Gasteiger partial charge in [-0.1, -0.05) is 23.7 Å². The Morgan fingerprint density at radius 1 is 1.24 bits per heavy atom. The van der Waals surface area contributed by atoms with Crippen LogP contribution in [0.25, 0.3) is 0 Å². The zero-order valence-electron chi connectivity index (χ0n) is 16.2. The fourth-order valence-electron chi connectivity index (χ4n) is 3.02. The molecule has 1 aliphatic heterocycles. The third kappa shape index (κ3) is 5.62. The smallest absolute Gasteiger partial charge is 0.259 e. The summed E-state index contributed by atoms with van der Waals surface area (Å²) in [6, 6.07) is 12.3. The first-order valence-electron chi connectivity index (χ1n) is 9.50. The van der Waals surface area contributed by atoms with Crippen molar-refractivity contribution in [3.8, 4) is 5.75 Å². The molecule has 2 N–H and O–H groups in total. The summed E-state index contributed by atoms with van der Waals surface area (Å²) in [4.78, 5) is 26.2. The molecular formula is C21H24ClN3O4. The van der Waals surface area contributed by atoms with E-state index in [1.807, 2.05) is 17.9 Å². The minimum Gasteiger partial charge on any atom is -0.490 e. The lowest BCUT2D eigenvalue weighted by Gasteiger charge is -2.29. The molecule has 2 amide bonds. The van der Waals surface area contributed by atoms with E-state index >= 15 is 0 Å². The highest BCUT2D eigenvalue weighted by Gasteiger charge is 2.19. The second-order valence-corrected chi connectivity index (χ2v) is 6.84. The van der Waals surface area contributed by atoms with Gasteiger partial charge in [0.15, 0.2) is 0 Å². The highest BCUT2D eigenvalue weighted by molar-refractivity contribution is 6.33. The molecule has 8 heteroatoms. The van der Waals surface area contributed by atoms with Gasteiger partial charge in [-0.25, -0.2) is 0 Å². The summed E-state index contributed by atoms with van der Waals surface area (Å²) in [5.74, 6) is 0.163. The van der Waals surface area contributed by atoms with E-state index in [0.717, 1.165) is 5.69 Å². The van der Waals surface area contributed by atoms with Gasteiger partial charge < -0.3 is 25.0 Å². The van der Waals surface area contributed by atoms with E-state index in [2.05, 4.69) is 10.6 Å². The number of amides is 2. The highest BCUT2D eigenvalue weighted by atomic mass is 35.5. The highest BCUT2D eigenvalue weighted by Crippen LogP contribution is 2.30. The number of carbonyl (C=O) groups is 2. The van der Waals surface area contributed by atoms with E-state index < -0.39 is 0 Å². The third-order valence-corrected chi connectivity index (χ3v) is 4.71. The van der Waals surface area contributed by atoms with Crippen molar-refractivity contribution in [2.24, 2.45) is 0 Å². The minimum absolute atomic E-state index is 0.0364. The van der Waals surface area contributed by atoms with Crippen molar-refractivity contribution in [1.82, 2.24) is 5.32 Å². The SMILES string of the molecule is CCOCCOc1ccccc1C(=O)Nc1ccc(N2CCNC(=O)C2)c(Cl)c1. The molecular weight excluding hydrogens is 394 g/mol. The Morgan fingerprint density at radius 3 is 2.83 bits per heavy atom. The Bertz CT molecular complexity index is 875. The predicted octanol–water partition coefficient (Wildman–Crippen LogP) is 2.94. The molecule has 3 rings (SSSR count). The van der Waals surface area contributed by atoms with Gasteiger partial charge in [0.25, 0.3) is 5.91 Å². The summed E-state index contributed by atoms with van der Waals surface area (Å²) in [5.41, 5.74) is 1.76. The zero-order chi connectivity index (χ0) is 20.6. The molecule has 7 nitrogen and oxygen atoms in total. The van der Waals surface area contributed by atoms with Gasteiger partial charge in [0.05, 0.1) is 29.4 Å². The number of hydrogen-bond donors (Lipinski definition) is 2. The average Bonchev–Trinajstić information content (AvgIpc) is 2.71. The maximum atomic E-state index is 12.7. The minimum atomic E-state index is -0.293. The standard InChI is InChI=1S/C21H24ClN3O4/c1-2-28-11-12-29-19-6-4-3-5-16(19)21(27)24-15-7-8-18(17(22)13-15)25-10-9-23-20(26)14-25/h3-8,13H,2,9-12,14H2,1H3,(H,23,26)(H,24,27). The summed E-state index contributed by atoms with van der Waals surface area (Å²) in [7, 11) is 0. The summed E-state index contributed by atoms with van der Waals surface area (Å²) in [6.45, 7) is 4.87. The van der Waals surface area contributed by atoms with E-state index in [4.69, 9.17) is 21.1 Å². The van der Waals surface area contributed by atoms with E-state index in [-0.39, 0.29) is 18.4 Å². The summed E-state index contributed by atoms with van der Waals surface area (Å²) >= 11 is 6.41. The van der Waals surface area contributed by atoms with Crippen LogP contribution in [0.5, 0.6) is 5.75 Å². The van der Waals surface area contributed by atoms with Crippen LogP contribution in [-0.2, 0) is 9.53 Å². The van der Waals surface area contributed by atoms with Crippen molar-refractivity contribution in [3.05, 3.63) is 53.1 Å². The van der Waals surface area contributed by atoms with Crippen LogP contribution in [0.4, 0.5) is 11.4 Å². The first kappa shape index (κ1) is 21.0. The molecule has 0 atom stereocenters. The number of piperazine rings is 1. The monoisotopic (exact) mass is 417 g/mol. The van der Waals surface area contributed by atoms with Gasteiger partial charge in [0, 0.05) is 25.4 Å². The second-order valence-electron chi connectivity index (χ2n) is 6.43. The Hall–Kier alpha value is -2.77. The molecule has 154 valence electrons. The number of halogens is 1. The van der Waals surface area contributed by atoms with Crippen molar-refractivity contribution in [2.45, 2.75) is 6.92 Å². The molecule has 1 aliphatic rings. The van der Waals surface area contributed by atoms with Gasteiger partial charge in [-0.2, -0.15) is 0 Å². The maximum absolute atomic E-state index is 12.7. The van der Waals surface area contributed by atoms with Gasteiger partial charge in [-0.05, 0) is 37.3 Å². The molecule has 1 saturated heterocycles. The van der Waals surface area contributed by atoms with Gasteiger partial charge in [-0.3, -0.25) is 9.59 Å². The van der Waals surface area contributed by atoms with E-state index in [1.165, 1.54) is 0 Å². The lowest BCUT2D eigenvalue weighted by atomic mass is 10.1. The second kappa shape index (κ2) is 10.1. The summed E-state index contributed by atoms with van der Waals surface area (Å²) in [5, 5.41) is 6.10. The molecule has 0 aliphatic carbocycles. The fraction of sp³-hybridized carbons (Fsp3) is 0.333. The largest absolute Gasteiger partial charge is 0.490 e. The van der Waals surface area contributed by atoms with Crippen LogP contribution in [0.3, 0.4) is 0 Å². The lowest BCUT2D eigenvalue weighted by Crippen LogP contribution is -2.47. The quantitative estimate of drug-likeness (QED) is 0.645. The number of carbonyl (C=O) groups excluding carboxylic acids is 2. The number of benzene rings is 2. The number of anilines is 2. The van der Waals surface area contributed by atoms with Crippen LogP contribution in [0.2, 0.25) is 5.02 Å². The average molecular weight is 418 g/mol. The van der Waals surface area contributed by atoms with E-state index in [9.17, 15) is 9.59 Å². The predicted molar refractivity (Wildman–Crippen MR) is 113 cm³/mol. The molecule has 2 aromatic rings. The summed E-state index contributed by atoms with van der Waals surface area (Å²) in [6.07, 6.45) is 0. The first-order chi connectivity index (χ1) is 14.1. The van der Waals surface area contributed by atoms with Crippen molar-refractivity contribution < 1.29 is 19.1 Å². The van der Waals surface area contributed by atoms with E-state index in [1.54, 1.807) is 36.4 Å². The Morgan fingerprint density at radius 2 is 2.07 bits per heavy atom. The van der Waals surface area contributed by atoms with Gasteiger partial charge in [0.2, 0.25) is 5.91 Å². The molecule has 0 spiro atoms. The van der Waals surface area contributed by atoms with Gasteiger partial charge in [-0.15, -0.1) is 0 Å². The Kier molecular flexibility index (Phi) is 7.32. The van der Waals surface area contributed by atoms with Crippen LogP contribution in [-0.4, -0.2) is 51.3 Å². The van der Waals surface area contributed by atoms with Gasteiger partial charge >= 0.3 is 0 Å². The number of nitrogens with one attached hydrogen (secondary N) is 2. The molecule has 0 aromatic heterocycles. The maximum Gasteiger partial charge on any atom is 0.259 e. The molecule has 0 radical (unpaired) electrons. The Labute approximate surface area is 174 Å².